The second-order valence-electron chi connectivity index (χ2n) is 8.16. The van der Waals surface area contributed by atoms with Gasteiger partial charge in [0, 0.05) is 24.1 Å². The minimum absolute atomic E-state index is 0.0351. The number of carbonyl (C=O) groups is 1. The molecular weight excluding hydrogens is 493 g/mol. The third-order valence-electron chi connectivity index (χ3n) is 4.63. The van der Waals surface area contributed by atoms with Crippen molar-refractivity contribution in [3.63, 3.8) is 0 Å². The number of pyridine rings is 1. The van der Waals surface area contributed by atoms with Crippen molar-refractivity contribution in [2.24, 2.45) is 7.05 Å². The Kier molecular flexibility index (Phi) is 7.10. The van der Waals surface area contributed by atoms with Gasteiger partial charge in [0.15, 0.2) is 0 Å². The lowest BCUT2D eigenvalue weighted by molar-refractivity contribution is -0.164. The van der Waals surface area contributed by atoms with E-state index in [4.69, 9.17) is 21.2 Å². The van der Waals surface area contributed by atoms with Gasteiger partial charge in [0.2, 0.25) is 0 Å². The molecule has 1 aromatic heterocycles. The Bertz CT molecular complexity index is 1050. The summed E-state index contributed by atoms with van der Waals surface area (Å²) in [5.74, 6) is -0.983. The Balaban J connectivity index is 1.91. The van der Waals surface area contributed by atoms with Crippen LogP contribution in [-0.4, -0.2) is 40.5 Å². The van der Waals surface area contributed by atoms with Crippen LogP contribution in [0.2, 0.25) is 5.02 Å². The van der Waals surface area contributed by atoms with Crippen molar-refractivity contribution >= 4 is 39.1 Å². The standard InChI is InChI=1S/C21H24BrClFN3O4/c1-21(2,3)30-7-8-31-27-17(25-16-6-5-12(22)9-15(16)24)10-13-14(19(27)28)11-26(4)20(29)18(13)23/h5-6,9,11,17,25H,7-8,10H2,1-4H3. The summed E-state index contributed by atoms with van der Waals surface area (Å²) in [5.41, 5.74) is 0.0822. The Hall–Kier alpha value is -1.94. The van der Waals surface area contributed by atoms with Crippen LogP contribution in [0.4, 0.5) is 10.1 Å². The third kappa shape index (κ3) is 5.46. The van der Waals surface area contributed by atoms with Crippen LogP contribution in [0.15, 0.2) is 33.7 Å². The third-order valence-corrected chi connectivity index (χ3v) is 5.52. The Morgan fingerprint density at radius 1 is 1.29 bits per heavy atom. The summed E-state index contributed by atoms with van der Waals surface area (Å²) in [6, 6.07) is 4.53. The van der Waals surface area contributed by atoms with Crippen molar-refractivity contribution in [1.82, 2.24) is 9.63 Å². The Morgan fingerprint density at radius 2 is 2.00 bits per heavy atom. The number of hydrogen-bond donors (Lipinski definition) is 1. The number of anilines is 1. The van der Waals surface area contributed by atoms with Crippen molar-refractivity contribution in [2.75, 3.05) is 18.5 Å². The zero-order valence-corrected chi connectivity index (χ0v) is 20.0. The maximum absolute atomic E-state index is 14.4. The summed E-state index contributed by atoms with van der Waals surface area (Å²) in [6.07, 6.45) is 0.811. The fraction of sp³-hybridized carbons (Fsp3) is 0.429. The van der Waals surface area contributed by atoms with Gasteiger partial charge in [-0.1, -0.05) is 27.5 Å². The number of rotatable bonds is 6. The predicted octanol–water partition coefficient (Wildman–Crippen LogP) is 4.12. The zero-order valence-electron chi connectivity index (χ0n) is 17.7. The number of aromatic nitrogens is 1. The normalized spacial score (nSPS) is 16.4. The molecule has 3 rings (SSSR count). The van der Waals surface area contributed by atoms with Crippen LogP contribution in [0.1, 0.15) is 36.7 Å². The van der Waals surface area contributed by atoms with E-state index in [-0.39, 0.29) is 41.5 Å². The van der Waals surface area contributed by atoms with Crippen LogP contribution >= 0.6 is 27.5 Å². The maximum atomic E-state index is 14.4. The van der Waals surface area contributed by atoms with E-state index < -0.39 is 23.4 Å². The molecule has 0 saturated heterocycles. The lowest BCUT2D eigenvalue weighted by Crippen LogP contribution is -2.51. The molecule has 1 aliphatic rings. The summed E-state index contributed by atoms with van der Waals surface area (Å²) >= 11 is 9.48. The molecule has 2 aromatic rings. The van der Waals surface area contributed by atoms with E-state index in [0.29, 0.717) is 10.0 Å². The predicted molar refractivity (Wildman–Crippen MR) is 120 cm³/mol. The molecule has 7 nitrogen and oxygen atoms in total. The highest BCUT2D eigenvalue weighted by molar-refractivity contribution is 9.10. The number of hydroxylamine groups is 2. The molecule has 1 amide bonds. The number of ether oxygens (including phenoxy) is 1. The van der Waals surface area contributed by atoms with Gasteiger partial charge in [-0.05, 0) is 44.5 Å². The summed E-state index contributed by atoms with van der Waals surface area (Å²) in [7, 11) is 1.52. The molecule has 0 spiro atoms. The molecule has 10 heteroatoms. The van der Waals surface area contributed by atoms with Crippen LogP contribution in [0.5, 0.6) is 0 Å². The van der Waals surface area contributed by atoms with Gasteiger partial charge in [0.25, 0.3) is 11.5 Å². The molecule has 1 aromatic carbocycles. The highest BCUT2D eigenvalue weighted by Crippen LogP contribution is 2.29. The first kappa shape index (κ1) is 23.7. The monoisotopic (exact) mass is 515 g/mol. The number of fused-ring (bicyclic) bond motifs is 1. The molecule has 0 saturated carbocycles. The molecule has 1 unspecified atom stereocenters. The van der Waals surface area contributed by atoms with E-state index in [1.165, 1.54) is 23.9 Å². The van der Waals surface area contributed by atoms with Crippen molar-refractivity contribution < 1.29 is 18.8 Å². The van der Waals surface area contributed by atoms with E-state index in [1.807, 2.05) is 20.8 Å². The van der Waals surface area contributed by atoms with Crippen molar-refractivity contribution in [3.05, 3.63) is 61.2 Å². The van der Waals surface area contributed by atoms with Gasteiger partial charge >= 0.3 is 0 Å². The van der Waals surface area contributed by atoms with Crippen LogP contribution in [-0.2, 0) is 23.0 Å². The number of carbonyl (C=O) groups excluding carboxylic acids is 1. The number of hydrogen-bond acceptors (Lipinski definition) is 5. The number of halogens is 3. The highest BCUT2D eigenvalue weighted by Gasteiger charge is 2.36. The lowest BCUT2D eigenvalue weighted by atomic mass is 9.99. The molecule has 31 heavy (non-hydrogen) atoms. The topological polar surface area (TPSA) is 72.8 Å². The fourth-order valence-electron chi connectivity index (χ4n) is 3.18. The minimum atomic E-state index is -0.782. The summed E-state index contributed by atoms with van der Waals surface area (Å²) in [6.45, 7) is 6.11. The van der Waals surface area contributed by atoms with Gasteiger partial charge in [0.1, 0.15) is 17.0 Å². The van der Waals surface area contributed by atoms with Crippen LogP contribution in [0.25, 0.3) is 0 Å². The number of nitrogens with zero attached hydrogens (tertiary/aromatic N) is 2. The summed E-state index contributed by atoms with van der Waals surface area (Å²) in [5, 5.41) is 4.11. The molecule has 0 radical (unpaired) electrons. The van der Waals surface area contributed by atoms with E-state index in [9.17, 15) is 14.0 Å². The molecule has 1 aliphatic heterocycles. The van der Waals surface area contributed by atoms with Crippen molar-refractivity contribution in [3.8, 4) is 0 Å². The molecule has 168 valence electrons. The van der Waals surface area contributed by atoms with Crippen LogP contribution in [0, 0.1) is 5.82 Å². The van der Waals surface area contributed by atoms with Crippen molar-refractivity contribution in [1.29, 1.82) is 0 Å². The van der Waals surface area contributed by atoms with Gasteiger partial charge in [-0.3, -0.25) is 14.4 Å². The summed E-state index contributed by atoms with van der Waals surface area (Å²) in [4.78, 5) is 31.2. The second kappa shape index (κ2) is 9.28. The van der Waals surface area contributed by atoms with Gasteiger partial charge in [-0.15, -0.1) is 0 Å². The Morgan fingerprint density at radius 3 is 2.65 bits per heavy atom. The molecule has 2 heterocycles. The summed E-state index contributed by atoms with van der Waals surface area (Å²) < 4.78 is 21.9. The number of aryl methyl sites for hydroxylation is 1. The largest absolute Gasteiger partial charge is 0.373 e. The first-order valence-corrected chi connectivity index (χ1v) is 10.8. The lowest BCUT2D eigenvalue weighted by Gasteiger charge is -2.36. The molecule has 0 fully saturated rings. The maximum Gasteiger partial charge on any atom is 0.281 e. The SMILES string of the molecule is Cn1cc2c(c(Cl)c1=O)CC(Nc1ccc(Br)cc1F)N(OCCOC(C)(C)C)C2=O. The van der Waals surface area contributed by atoms with Gasteiger partial charge in [-0.2, -0.15) is 5.06 Å². The minimum Gasteiger partial charge on any atom is -0.373 e. The van der Waals surface area contributed by atoms with E-state index in [0.717, 1.165) is 5.06 Å². The van der Waals surface area contributed by atoms with E-state index >= 15 is 0 Å². The number of amides is 1. The highest BCUT2D eigenvalue weighted by atomic mass is 79.9. The van der Waals surface area contributed by atoms with E-state index in [2.05, 4.69) is 21.2 Å². The van der Waals surface area contributed by atoms with Crippen molar-refractivity contribution in [2.45, 2.75) is 39.0 Å². The van der Waals surface area contributed by atoms with E-state index in [1.54, 1.807) is 12.1 Å². The molecule has 0 aliphatic carbocycles. The van der Waals surface area contributed by atoms with Crippen LogP contribution < -0.4 is 10.9 Å². The molecule has 0 bridgehead atoms. The zero-order chi connectivity index (χ0) is 22.9. The second-order valence-corrected chi connectivity index (χ2v) is 9.46. The van der Waals surface area contributed by atoms with Crippen LogP contribution in [0.3, 0.4) is 0 Å². The fourth-order valence-corrected chi connectivity index (χ4v) is 3.83. The smallest absolute Gasteiger partial charge is 0.281 e. The quantitative estimate of drug-likeness (QED) is 0.585. The molecule has 1 atom stereocenters. The molecular formula is C21H24BrClFN3O4. The molecule has 1 N–H and O–H groups in total. The van der Waals surface area contributed by atoms with Gasteiger partial charge in [0.05, 0.1) is 30.1 Å². The average molecular weight is 517 g/mol. The number of benzene rings is 1. The number of nitrogens with one attached hydrogen (secondary N) is 1. The van der Waals surface area contributed by atoms with Gasteiger partial charge in [-0.25, -0.2) is 4.39 Å². The first-order chi connectivity index (χ1) is 14.5. The average Bonchev–Trinajstić information content (AvgIpc) is 2.67. The first-order valence-electron chi connectivity index (χ1n) is 9.68. The Labute approximate surface area is 193 Å². The van der Waals surface area contributed by atoms with Gasteiger partial charge < -0.3 is 14.6 Å².